The van der Waals surface area contributed by atoms with Gasteiger partial charge in [-0.25, -0.2) is 9.97 Å². The number of rotatable bonds is 5. The Morgan fingerprint density at radius 3 is 2.56 bits per heavy atom. The van der Waals surface area contributed by atoms with Crippen LogP contribution in [0.25, 0.3) is 11.4 Å². The van der Waals surface area contributed by atoms with Crippen molar-refractivity contribution in [3.05, 3.63) is 41.6 Å². The molecule has 0 fully saturated rings. The second-order valence-electron chi connectivity index (χ2n) is 7.71. The van der Waals surface area contributed by atoms with E-state index < -0.39 is 6.10 Å². The molecule has 0 saturated carbocycles. The smallest absolute Gasteiger partial charge is 0.251 e. The summed E-state index contributed by atoms with van der Waals surface area (Å²) in [6, 6.07) is 9.86. The SMILES string of the molecule is CC(C)C[C@H](O)C(=O)N1CCc2c(nc(-c3ccccc3)nc2N(C)C)C1. The minimum absolute atomic E-state index is 0.208. The van der Waals surface area contributed by atoms with Crippen molar-refractivity contribution in [2.24, 2.45) is 5.92 Å². The number of nitrogens with zero attached hydrogens (tertiary/aromatic N) is 4. The molecule has 1 amide bonds. The van der Waals surface area contributed by atoms with Crippen molar-refractivity contribution >= 4 is 11.7 Å². The lowest BCUT2D eigenvalue weighted by Crippen LogP contribution is -2.43. The van der Waals surface area contributed by atoms with Crippen LogP contribution in [0, 0.1) is 5.92 Å². The Hall–Kier alpha value is -2.47. The minimum atomic E-state index is -0.949. The summed E-state index contributed by atoms with van der Waals surface area (Å²) in [6.45, 7) is 5.00. The Labute approximate surface area is 160 Å². The fourth-order valence-electron chi connectivity index (χ4n) is 3.44. The predicted octanol–water partition coefficient (Wildman–Crippen LogP) is 2.50. The van der Waals surface area contributed by atoms with Crippen molar-refractivity contribution < 1.29 is 9.90 Å². The first-order valence-electron chi connectivity index (χ1n) is 9.46. The van der Waals surface area contributed by atoms with Gasteiger partial charge in [-0.1, -0.05) is 44.2 Å². The summed E-state index contributed by atoms with van der Waals surface area (Å²) in [5, 5.41) is 10.2. The molecule has 0 unspecified atom stereocenters. The van der Waals surface area contributed by atoms with Crippen LogP contribution in [-0.4, -0.2) is 52.6 Å². The maximum Gasteiger partial charge on any atom is 0.251 e. The molecule has 2 aromatic rings. The maximum atomic E-state index is 12.6. The third-order valence-corrected chi connectivity index (χ3v) is 4.79. The molecule has 144 valence electrons. The van der Waals surface area contributed by atoms with E-state index in [0.29, 0.717) is 31.8 Å². The molecule has 0 radical (unpaired) electrons. The summed E-state index contributed by atoms with van der Waals surface area (Å²) < 4.78 is 0. The van der Waals surface area contributed by atoms with Gasteiger partial charge in [0.15, 0.2) is 5.82 Å². The first-order chi connectivity index (χ1) is 12.9. The summed E-state index contributed by atoms with van der Waals surface area (Å²) in [7, 11) is 3.95. The molecule has 0 aliphatic carbocycles. The van der Waals surface area contributed by atoms with Crippen LogP contribution in [0.15, 0.2) is 30.3 Å². The first kappa shape index (κ1) is 19.3. The molecule has 6 heteroatoms. The fourth-order valence-corrected chi connectivity index (χ4v) is 3.44. The fraction of sp³-hybridized carbons (Fsp3) is 0.476. The lowest BCUT2D eigenvalue weighted by molar-refractivity contribution is -0.142. The highest BCUT2D eigenvalue weighted by Gasteiger charge is 2.29. The highest BCUT2D eigenvalue weighted by Crippen LogP contribution is 2.29. The highest BCUT2D eigenvalue weighted by atomic mass is 16.3. The monoisotopic (exact) mass is 368 g/mol. The Morgan fingerprint density at radius 1 is 1.22 bits per heavy atom. The first-order valence-corrected chi connectivity index (χ1v) is 9.46. The average Bonchev–Trinajstić information content (AvgIpc) is 2.66. The Morgan fingerprint density at radius 2 is 1.93 bits per heavy atom. The van der Waals surface area contributed by atoms with E-state index in [9.17, 15) is 9.90 Å². The Bertz CT molecular complexity index is 805. The predicted molar refractivity (Wildman–Crippen MR) is 106 cm³/mol. The van der Waals surface area contributed by atoms with Gasteiger partial charge in [0.1, 0.15) is 11.9 Å². The molecule has 0 saturated heterocycles. The van der Waals surface area contributed by atoms with Crippen LogP contribution in [0.2, 0.25) is 0 Å². The molecule has 0 spiro atoms. The number of anilines is 1. The molecule has 1 aliphatic heterocycles. The maximum absolute atomic E-state index is 12.6. The second-order valence-corrected chi connectivity index (χ2v) is 7.71. The molecule has 3 rings (SSSR count). The lowest BCUT2D eigenvalue weighted by atomic mass is 10.0. The average molecular weight is 368 g/mol. The quantitative estimate of drug-likeness (QED) is 0.878. The molecule has 1 aromatic carbocycles. The minimum Gasteiger partial charge on any atom is -0.383 e. The number of aromatic nitrogens is 2. The van der Waals surface area contributed by atoms with Gasteiger partial charge in [0.25, 0.3) is 5.91 Å². The largest absolute Gasteiger partial charge is 0.383 e. The summed E-state index contributed by atoms with van der Waals surface area (Å²) >= 11 is 0. The number of amides is 1. The summed E-state index contributed by atoms with van der Waals surface area (Å²) in [5.74, 6) is 1.62. The van der Waals surface area contributed by atoms with Crippen LogP contribution in [-0.2, 0) is 17.8 Å². The van der Waals surface area contributed by atoms with E-state index in [0.717, 1.165) is 22.6 Å². The van der Waals surface area contributed by atoms with Crippen LogP contribution >= 0.6 is 0 Å². The number of hydrogen-bond donors (Lipinski definition) is 1. The zero-order chi connectivity index (χ0) is 19.6. The van der Waals surface area contributed by atoms with Crippen LogP contribution in [0.3, 0.4) is 0 Å². The van der Waals surface area contributed by atoms with E-state index in [4.69, 9.17) is 9.97 Å². The molecule has 1 atom stereocenters. The number of hydrogen-bond acceptors (Lipinski definition) is 5. The van der Waals surface area contributed by atoms with Gasteiger partial charge in [-0.15, -0.1) is 0 Å². The van der Waals surface area contributed by atoms with Crippen molar-refractivity contribution in [3.63, 3.8) is 0 Å². The van der Waals surface area contributed by atoms with Gasteiger partial charge in [0.05, 0.1) is 12.2 Å². The number of fused-ring (bicyclic) bond motifs is 1. The number of aliphatic hydroxyl groups excluding tert-OH is 1. The third kappa shape index (κ3) is 4.27. The zero-order valence-electron chi connectivity index (χ0n) is 16.5. The van der Waals surface area contributed by atoms with Crippen molar-refractivity contribution in [3.8, 4) is 11.4 Å². The van der Waals surface area contributed by atoms with Crippen molar-refractivity contribution in [2.75, 3.05) is 25.5 Å². The van der Waals surface area contributed by atoms with Crippen LogP contribution in [0.1, 0.15) is 31.5 Å². The van der Waals surface area contributed by atoms with E-state index >= 15 is 0 Å². The van der Waals surface area contributed by atoms with E-state index in [2.05, 4.69) is 0 Å². The molecular weight excluding hydrogens is 340 g/mol. The summed E-state index contributed by atoms with van der Waals surface area (Å²) in [4.78, 5) is 25.9. The van der Waals surface area contributed by atoms with Crippen molar-refractivity contribution in [2.45, 2.75) is 39.3 Å². The van der Waals surface area contributed by atoms with E-state index in [-0.39, 0.29) is 11.8 Å². The van der Waals surface area contributed by atoms with Crippen molar-refractivity contribution in [1.29, 1.82) is 0 Å². The lowest BCUT2D eigenvalue weighted by Gasteiger charge is -2.32. The molecule has 1 N–H and O–H groups in total. The number of aliphatic hydroxyl groups is 1. The van der Waals surface area contributed by atoms with Gasteiger partial charge in [0.2, 0.25) is 0 Å². The molecular formula is C21H28N4O2. The highest BCUT2D eigenvalue weighted by molar-refractivity contribution is 5.81. The van der Waals surface area contributed by atoms with Crippen LogP contribution in [0.4, 0.5) is 5.82 Å². The molecule has 2 heterocycles. The molecule has 27 heavy (non-hydrogen) atoms. The van der Waals surface area contributed by atoms with Gasteiger partial charge in [-0.2, -0.15) is 0 Å². The zero-order valence-corrected chi connectivity index (χ0v) is 16.5. The standard InChI is InChI=1S/C21H28N4O2/c1-14(2)12-18(26)21(27)25-11-10-16-17(13-25)22-19(23-20(16)24(3)4)15-8-6-5-7-9-15/h5-9,14,18,26H,10-13H2,1-4H3/t18-/m0/s1. The number of carbonyl (C=O) groups excluding carboxylic acids is 1. The van der Waals surface area contributed by atoms with Crippen LogP contribution in [0.5, 0.6) is 0 Å². The number of carbonyl (C=O) groups is 1. The molecule has 0 bridgehead atoms. The van der Waals surface area contributed by atoms with E-state index in [1.807, 2.05) is 63.2 Å². The topological polar surface area (TPSA) is 69.6 Å². The molecule has 1 aromatic heterocycles. The third-order valence-electron chi connectivity index (χ3n) is 4.79. The Balaban J connectivity index is 1.92. The van der Waals surface area contributed by atoms with Gasteiger partial charge < -0.3 is 14.9 Å². The summed E-state index contributed by atoms with van der Waals surface area (Å²) in [5.41, 5.74) is 2.90. The van der Waals surface area contributed by atoms with Gasteiger partial charge >= 0.3 is 0 Å². The molecule has 6 nitrogen and oxygen atoms in total. The van der Waals surface area contributed by atoms with Crippen molar-refractivity contribution in [1.82, 2.24) is 14.9 Å². The summed E-state index contributed by atoms with van der Waals surface area (Å²) in [6.07, 6.45) is 0.220. The van der Waals surface area contributed by atoms with Crippen LogP contribution < -0.4 is 4.90 Å². The van der Waals surface area contributed by atoms with Gasteiger partial charge in [-0.3, -0.25) is 4.79 Å². The second kappa shape index (κ2) is 8.05. The van der Waals surface area contributed by atoms with Gasteiger partial charge in [-0.05, 0) is 18.8 Å². The van der Waals surface area contributed by atoms with Gasteiger partial charge in [0, 0.05) is 31.8 Å². The Kier molecular flexibility index (Phi) is 5.75. The van der Waals surface area contributed by atoms with E-state index in [1.54, 1.807) is 4.90 Å². The number of benzene rings is 1. The molecule has 1 aliphatic rings. The van der Waals surface area contributed by atoms with E-state index in [1.165, 1.54) is 0 Å². The normalized spacial score (nSPS) is 14.8.